The Balaban J connectivity index is 0.00000121. The molecule has 1 aliphatic rings. The predicted molar refractivity (Wildman–Crippen MR) is 82.1 cm³/mol. The number of rotatable bonds is 2. The normalized spacial score (nSPS) is 12.3. The number of hydrogen-bond acceptors (Lipinski definition) is 5. The molecule has 0 fully saturated rings. The van der Waals surface area contributed by atoms with Gasteiger partial charge in [-0.15, -0.1) is 12.4 Å². The second-order valence-electron chi connectivity index (χ2n) is 4.38. The van der Waals surface area contributed by atoms with Crippen LogP contribution in [-0.2, 0) is 0 Å². The van der Waals surface area contributed by atoms with E-state index in [1.165, 1.54) is 23.2 Å². The number of benzene rings is 1. The fourth-order valence-corrected chi connectivity index (χ4v) is 2.16. The Morgan fingerprint density at radius 3 is 2.27 bits per heavy atom. The molecule has 0 bridgehead atoms. The number of phenolic OH excluding ortho intramolecular Hbond substituents is 1. The van der Waals surface area contributed by atoms with Gasteiger partial charge in [0.1, 0.15) is 5.75 Å². The van der Waals surface area contributed by atoms with Gasteiger partial charge in [-0.2, -0.15) is 5.01 Å². The van der Waals surface area contributed by atoms with Crippen LogP contribution in [-0.4, -0.2) is 39.4 Å². The zero-order chi connectivity index (χ0) is 14.3. The Kier molecular flexibility index (Phi) is 5.08. The van der Waals surface area contributed by atoms with E-state index >= 15 is 0 Å². The van der Waals surface area contributed by atoms with E-state index in [9.17, 15) is 14.7 Å². The zero-order valence-corrected chi connectivity index (χ0v) is 12.4. The SMILES string of the molecule is CN(c1ccncc1)N1C(=O)c2ccc(O)cc2C1=O.Cl.O. The molecule has 0 radical (unpaired) electrons. The minimum absolute atomic E-state index is 0. The Morgan fingerprint density at radius 1 is 1.05 bits per heavy atom. The summed E-state index contributed by atoms with van der Waals surface area (Å²) >= 11 is 0. The molecule has 0 atom stereocenters. The summed E-state index contributed by atoms with van der Waals surface area (Å²) in [6.07, 6.45) is 3.16. The number of carbonyl (C=O) groups is 2. The molecular weight excluding hydrogens is 310 g/mol. The van der Waals surface area contributed by atoms with Crippen molar-refractivity contribution in [2.45, 2.75) is 0 Å². The Bertz CT molecular complexity index is 708. The van der Waals surface area contributed by atoms with E-state index < -0.39 is 11.8 Å². The summed E-state index contributed by atoms with van der Waals surface area (Å²) in [5.41, 5.74) is 1.16. The standard InChI is InChI=1S/C14H11N3O3.ClH.H2O/c1-16(9-4-6-15-7-5-9)17-13(19)11-3-2-10(18)8-12(11)14(17)20;;/h2-8,18H,1H3;1H;1H2. The Morgan fingerprint density at radius 2 is 1.64 bits per heavy atom. The van der Waals surface area contributed by atoms with E-state index in [-0.39, 0.29) is 34.8 Å². The van der Waals surface area contributed by atoms with Crippen LogP contribution in [0.4, 0.5) is 5.69 Å². The van der Waals surface area contributed by atoms with Gasteiger partial charge in [-0.05, 0) is 30.3 Å². The van der Waals surface area contributed by atoms with Crippen molar-refractivity contribution in [1.29, 1.82) is 0 Å². The van der Waals surface area contributed by atoms with Crippen molar-refractivity contribution in [2.75, 3.05) is 12.1 Å². The molecule has 2 aromatic rings. The number of nitrogens with zero attached hydrogens (tertiary/aromatic N) is 3. The van der Waals surface area contributed by atoms with E-state index in [0.29, 0.717) is 5.69 Å². The van der Waals surface area contributed by atoms with E-state index in [1.54, 1.807) is 31.6 Å². The van der Waals surface area contributed by atoms with Crippen molar-refractivity contribution in [2.24, 2.45) is 0 Å². The van der Waals surface area contributed by atoms with E-state index in [1.807, 2.05) is 0 Å². The molecule has 8 heteroatoms. The molecule has 2 amide bonds. The molecule has 1 aromatic carbocycles. The van der Waals surface area contributed by atoms with E-state index in [0.717, 1.165) is 5.01 Å². The molecule has 22 heavy (non-hydrogen) atoms. The molecule has 0 saturated carbocycles. The van der Waals surface area contributed by atoms with Crippen molar-refractivity contribution >= 4 is 29.9 Å². The largest absolute Gasteiger partial charge is 0.508 e. The number of carbonyl (C=O) groups excluding carboxylic acids is 2. The maximum absolute atomic E-state index is 12.3. The quantitative estimate of drug-likeness (QED) is 0.831. The molecule has 0 saturated heterocycles. The second-order valence-corrected chi connectivity index (χ2v) is 4.38. The number of aromatic hydroxyl groups is 1. The topological polar surface area (TPSA) is 105 Å². The molecule has 116 valence electrons. The fraction of sp³-hybridized carbons (Fsp3) is 0.0714. The average Bonchev–Trinajstić information content (AvgIpc) is 2.71. The van der Waals surface area contributed by atoms with Gasteiger partial charge in [-0.1, -0.05) is 0 Å². The van der Waals surface area contributed by atoms with E-state index in [4.69, 9.17) is 0 Å². The van der Waals surface area contributed by atoms with Crippen LogP contribution in [0.2, 0.25) is 0 Å². The highest BCUT2D eigenvalue weighted by Crippen LogP contribution is 2.28. The van der Waals surface area contributed by atoms with Gasteiger partial charge in [0.15, 0.2) is 0 Å². The number of phenols is 1. The first kappa shape index (κ1) is 17.4. The minimum Gasteiger partial charge on any atom is -0.508 e. The third kappa shape index (κ3) is 2.59. The highest BCUT2D eigenvalue weighted by molar-refractivity contribution is 6.22. The molecule has 1 aliphatic heterocycles. The van der Waals surface area contributed by atoms with Gasteiger partial charge in [0.05, 0.1) is 16.8 Å². The lowest BCUT2D eigenvalue weighted by atomic mass is 10.1. The number of aromatic nitrogens is 1. The molecule has 0 aliphatic carbocycles. The predicted octanol–water partition coefficient (Wildman–Crippen LogP) is 1.03. The number of hydrazine groups is 1. The van der Waals surface area contributed by atoms with Crippen LogP contribution in [0.1, 0.15) is 20.7 Å². The highest BCUT2D eigenvalue weighted by atomic mass is 35.5. The smallest absolute Gasteiger partial charge is 0.280 e. The second kappa shape index (κ2) is 6.42. The number of amides is 2. The molecule has 7 nitrogen and oxygen atoms in total. The number of pyridine rings is 1. The summed E-state index contributed by atoms with van der Waals surface area (Å²) in [5.74, 6) is -0.914. The van der Waals surface area contributed by atoms with Gasteiger partial charge >= 0.3 is 0 Å². The van der Waals surface area contributed by atoms with Crippen molar-refractivity contribution in [1.82, 2.24) is 9.99 Å². The number of fused-ring (bicyclic) bond motifs is 1. The fourth-order valence-electron chi connectivity index (χ4n) is 2.16. The number of anilines is 1. The maximum Gasteiger partial charge on any atom is 0.280 e. The van der Waals surface area contributed by atoms with Gasteiger partial charge in [-0.3, -0.25) is 19.6 Å². The lowest BCUT2D eigenvalue weighted by molar-refractivity contribution is 0.0644. The summed E-state index contributed by atoms with van der Waals surface area (Å²) in [4.78, 5) is 28.5. The lowest BCUT2D eigenvalue weighted by Crippen LogP contribution is -2.44. The minimum atomic E-state index is -0.458. The van der Waals surface area contributed by atoms with Crippen LogP contribution in [0.3, 0.4) is 0 Å². The van der Waals surface area contributed by atoms with Gasteiger partial charge in [-0.25, -0.2) is 0 Å². The Labute approximate surface area is 132 Å². The third-order valence-electron chi connectivity index (χ3n) is 3.19. The van der Waals surface area contributed by atoms with Crippen LogP contribution in [0.5, 0.6) is 5.75 Å². The van der Waals surface area contributed by atoms with Crippen molar-refractivity contribution in [3.05, 3.63) is 53.9 Å². The van der Waals surface area contributed by atoms with Crippen LogP contribution in [0.15, 0.2) is 42.7 Å². The van der Waals surface area contributed by atoms with Gasteiger partial charge < -0.3 is 10.6 Å². The number of hydrogen-bond donors (Lipinski definition) is 1. The summed E-state index contributed by atoms with van der Waals surface area (Å²) < 4.78 is 0. The summed E-state index contributed by atoms with van der Waals surface area (Å²) in [6.45, 7) is 0. The zero-order valence-electron chi connectivity index (χ0n) is 11.6. The molecule has 0 unspecified atom stereocenters. The summed E-state index contributed by atoms with van der Waals surface area (Å²) in [7, 11) is 1.62. The molecule has 3 N–H and O–H groups in total. The highest BCUT2D eigenvalue weighted by Gasteiger charge is 2.38. The molecule has 1 aromatic heterocycles. The first-order valence-electron chi connectivity index (χ1n) is 5.95. The molecular formula is C14H14ClN3O4. The third-order valence-corrected chi connectivity index (χ3v) is 3.19. The van der Waals surface area contributed by atoms with Gasteiger partial charge in [0.2, 0.25) is 0 Å². The van der Waals surface area contributed by atoms with Crippen LogP contribution < -0.4 is 5.01 Å². The number of halogens is 1. The molecule has 2 heterocycles. The monoisotopic (exact) mass is 323 g/mol. The average molecular weight is 324 g/mol. The van der Waals surface area contributed by atoms with E-state index in [2.05, 4.69) is 4.98 Å². The van der Waals surface area contributed by atoms with Crippen LogP contribution in [0.25, 0.3) is 0 Å². The first-order chi connectivity index (χ1) is 9.59. The van der Waals surface area contributed by atoms with Crippen molar-refractivity contribution in [3.8, 4) is 5.75 Å². The first-order valence-corrected chi connectivity index (χ1v) is 5.95. The molecule has 3 rings (SSSR count). The Hall–Kier alpha value is -2.64. The molecule has 0 spiro atoms. The van der Waals surface area contributed by atoms with Gasteiger partial charge in [0, 0.05) is 19.4 Å². The maximum atomic E-state index is 12.3. The summed E-state index contributed by atoms with van der Waals surface area (Å²) in [5, 5.41) is 11.9. The summed E-state index contributed by atoms with van der Waals surface area (Å²) in [6, 6.07) is 7.53. The van der Waals surface area contributed by atoms with Gasteiger partial charge in [0.25, 0.3) is 11.8 Å². The number of imide groups is 1. The van der Waals surface area contributed by atoms with Crippen molar-refractivity contribution in [3.63, 3.8) is 0 Å². The van der Waals surface area contributed by atoms with Crippen molar-refractivity contribution < 1.29 is 20.2 Å². The lowest BCUT2D eigenvalue weighted by Gasteiger charge is -2.27. The van der Waals surface area contributed by atoms with Crippen LogP contribution in [0, 0.1) is 0 Å². The van der Waals surface area contributed by atoms with Crippen LogP contribution >= 0.6 is 12.4 Å².